The van der Waals surface area contributed by atoms with E-state index in [1.807, 2.05) is 36.4 Å². The molecule has 1 aliphatic heterocycles. The van der Waals surface area contributed by atoms with Crippen molar-refractivity contribution in [2.45, 2.75) is 48.7 Å². The first-order valence-electron chi connectivity index (χ1n) is 10.2. The lowest BCUT2D eigenvalue weighted by Gasteiger charge is -2.20. The summed E-state index contributed by atoms with van der Waals surface area (Å²) < 4.78 is 1.05. The van der Waals surface area contributed by atoms with Crippen molar-refractivity contribution < 1.29 is 14.4 Å². The molecule has 0 bridgehead atoms. The third kappa shape index (κ3) is 4.88. The van der Waals surface area contributed by atoms with Crippen LogP contribution in [0.3, 0.4) is 0 Å². The van der Waals surface area contributed by atoms with Crippen molar-refractivity contribution in [3.63, 3.8) is 0 Å². The van der Waals surface area contributed by atoms with Crippen molar-refractivity contribution in [1.29, 1.82) is 0 Å². The lowest BCUT2D eigenvalue weighted by molar-refractivity contribution is -0.122. The van der Waals surface area contributed by atoms with Crippen molar-refractivity contribution in [2.24, 2.45) is 5.92 Å². The summed E-state index contributed by atoms with van der Waals surface area (Å²) in [6.07, 6.45) is 5.60. The van der Waals surface area contributed by atoms with Gasteiger partial charge in [0.15, 0.2) is 0 Å². The molecule has 1 saturated carbocycles. The summed E-state index contributed by atoms with van der Waals surface area (Å²) in [5.41, 5.74) is 1.39. The summed E-state index contributed by atoms with van der Waals surface area (Å²) in [6, 6.07) is 14.9. The molecule has 156 valence electrons. The van der Waals surface area contributed by atoms with E-state index in [1.54, 1.807) is 12.1 Å². The molecule has 1 atom stereocenters. The molecule has 0 aromatic heterocycles. The number of thioether (sulfide) groups is 1. The highest BCUT2D eigenvalue weighted by Crippen LogP contribution is 2.34. The van der Waals surface area contributed by atoms with E-state index in [0.717, 1.165) is 39.8 Å². The number of hydrogen-bond donors (Lipinski definition) is 1. The predicted molar refractivity (Wildman–Crippen MR) is 128 cm³/mol. The first-order valence-corrected chi connectivity index (χ1v) is 12.2. The normalized spacial score (nSPS) is 19.9. The van der Waals surface area contributed by atoms with Crippen LogP contribution < -0.4 is 10.2 Å². The number of hydrogen-bond acceptors (Lipinski definition) is 4. The van der Waals surface area contributed by atoms with Crippen LogP contribution in [0.2, 0.25) is 0 Å². The number of rotatable bonds is 5. The SMILES string of the molecule is O=C(Nc1ccc(SC2CC(=O)N(c3ccc(I)cc3)C2=O)cc1)C1CCCCC1. The van der Waals surface area contributed by atoms with Crippen LogP contribution in [0, 0.1) is 9.49 Å². The number of nitrogens with one attached hydrogen (secondary N) is 1. The molecule has 7 heteroatoms. The van der Waals surface area contributed by atoms with Gasteiger partial charge in [0.25, 0.3) is 0 Å². The predicted octanol–water partition coefficient (Wildman–Crippen LogP) is 5.23. The molecule has 2 fully saturated rings. The minimum absolute atomic E-state index is 0.0971. The zero-order valence-corrected chi connectivity index (χ0v) is 19.4. The Morgan fingerprint density at radius 1 is 0.967 bits per heavy atom. The molecule has 2 aliphatic rings. The third-order valence-electron chi connectivity index (χ3n) is 5.57. The van der Waals surface area contributed by atoms with Gasteiger partial charge < -0.3 is 5.32 Å². The van der Waals surface area contributed by atoms with Crippen LogP contribution in [0.1, 0.15) is 38.5 Å². The van der Waals surface area contributed by atoms with E-state index >= 15 is 0 Å². The lowest BCUT2D eigenvalue weighted by Crippen LogP contribution is -2.31. The van der Waals surface area contributed by atoms with Gasteiger partial charge in [-0.05, 0) is 84.0 Å². The summed E-state index contributed by atoms with van der Waals surface area (Å²) in [5, 5.41) is 2.57. The molecule has 4 rings (SSSR count). The molecule has 1 saturated heterocycles. The monoisotopic (exact) mass is 534 g/mol. The van der Waals surface area contributed by atoms with Crippen LogP contribution >= 0.6 is 34.4 Å². The Hall–Kier alpha value is -1.87. The number of anilines is 2. The van der Waals surface area contributed by atoms with E-state index in [-0.39, 0.29) is 30.1 Å². The van der Waals surface area contributed by atoms with Crippen LogP contribution in [-0.2, 0) is 14.4 Å². The average molecular weight is 534 g/mol. The molecule has 1 unspecified atom stereocenters. The molecule has 30 heavy (non-hydrogen) atoms. The van der Waals surface area contributed by atoms with E-state index in [0.29, 0.717) is 5.69 Å². The van der Waals surface area contributed by atoms with E-state index < -0.39 is 5.25 Å². The largest absolute Gasteiger partial charge is 0.326 e. The number of amides is 3. The van der Waals surface area contributed by atoms with Crippen LogP contribution in [-0.4, -0.2) is 23.0 Å². The Balaban J connectivity index is 1.37. The Bertz CT molecular complexity index is 940. The van der Waals surface area contributed by atoms with Gasteiger partial charge in [-0.25, -0.2) is 4.90 Å². The summed E-state index contributed by atoms with van der Waals surface area (Å²) >= 11 is 3.59. The van der Waals surface area contributed by atoms with Crippen molar-refractivity contribution in [2.75, 3.05) is 10.2 Å². The average Bonchev–Trinajstić information content (AvgIpc) is 3.04. The fourth-order valence-electron chi connectivity index (χ4n) is 3.95. The van der Waals surface area contributed by atoms with Crippen LogP contribution in [0.15, 0.2) is 53.4 Å². The van der Waals surface area contributed by atoms with E-state index in [9.17, 15) is 14.4 Å². The van der Waals surface area contributed by atoms with E-state index in [2.05, 4.69) is 27.9 Å². The quantitative estimate of drug-likeness (QED) is 0.421. The molecule has 1 heterocycles. The van der Waals surface area contributed by atoms with Crippen LogP contribution in [0.4, 0.5) is 11.4 Å². The zero-order valence-electron chi connectivity index (χ0n) is 16.5. The topological polar surface area (TPSA) is 66.5 Å². The first-order chi connectivity index (χ1) is 14.5. The maximum absolute atomic E-state index is 12.8. The summed E-state index contributed by atoms with van der Waals surface area (Å²) in [4.78, 5) is 39.8. The summed E-state index contributed by atoms with van der Waals surface area (Å²) in [7, 11) is 0. The van der Waals surface area contributed by atoms with E-state index in [1.165, 1.54) is 23.1 Å². The number of nitrogens with zero attached hydrogens (tertiary/aromatic N) is 1. The molecule has 2 aromatic carbocycles. The molecule has 1 aliphatic carbocycles. The first kappa shape index (κ1) is 21.4. The second-order valence-electron chi connectivity index (χ2n) is 7.70. The number of carbonyl (C=O) groups is 3. The molecule has 0 spiro atoms. The van der Waals surface area contributed by atoms with Gasteiger partial charge in [0.2, 0.25) is 17.7 Å². The van der Waals surface area contributed by atoms with Gasteiger partial charge in [0, 0.05) is 26.5 Å². The van der Waals surface area contributed by atoms with Gasteiger partial charge in [-0.1, -0.05) is 19.3 Å². The lowest BCUT2D eigenvalue weighted by atomic mass is 9.88. The maximum atomic E-state index is 12.8. The fourth-order valence-corrected chi connectivity index (χ4v) is 5.36. The van der Waals surface area contributed by atoms with Crippen molar-refractivity contribution in [1.82, 2.24) is 0 Å². The second-order valence-corrected chi connectivity index (χ2v) is 10.2. The number of carbonyl (C=O) groups excluding carboxylic acids is 3. The van der Waals surface area contributed by atoms with Crippen LogP contribution in [0.5, 0.6) is 0 Å². The van der Waals surface area contributed by atoms with Crippen molar-refractivity contribution in [3.8, 4) is 0 Å². The maximum Gasteiger partial charge on any atom is 0.247 e. The van der Waals surface area contributed by atoms with Crippen molar-refractivity contribution >= 4 is 63.4 Å². The van der Waals surface area contributed by atoms with Gasteiger partial charge in [-0.3, -0.25) is 14.4 Å². The van der Waals surface area contributed by atoms with Gasteiger partial charge in [0.05, 0.1) is 10.9 Å². The Morgan fingerprint density at radius 3 is 2.30 bits per heavy atom. The minimum Gasteiger partial charge on any atom is -0.326 e. The molecule has 0 radical (unpaired) electrons. The van der Waals surface area contributed by atoms with E-state index in [4.69, 9.17) is 0 Å². The Morgan fingerprint density at radius 2 is 1.63 bits per heavy atom. The van der Waals surface area contributed by atoms with Gasteiger partial charge in [-0.15, -0.1) is 11.8 Å². The molecular formula is C23H23IN2O3S. The highest BCUT2D eigenvalue weighted by atomic mass is 127. The molecule has 2 aromatic rings. The molecule has 3 amide bonds. The Kier molecular flexibility index (Phi) is 6.77. The van der Waals surface area contributed by atoms with Gasteiger partial charge in [-0.2, -0.15) is 0 Å². The highest BCUT2D eigenvalue weighted by Gasteiger charge is 2.40. The smallest absolute Gasteiger partial charge is 0.247 e. The van der Waals surface area contributed by atoms with Gasteiger partial charge in [0.1, 0.15) is 0 Å². The third-order valence-corrected chi connectivity index (χ3v) is 7.48. The number of halogens is 1. The highest BCUT2D eigenvalue weighted by molar-refractivity contribution is 14.1. The standard InChI is InChI=1S/C23H23IN2O3S/c24-16-6-10-18(11-7-16)26-21(27)14-20(23(26)29)30-19-12-8-17(9-13-19)25-22(28)15-4-2-1-3-5-15/h6-13,15,20H,1-5,14H2,(H,25,28). The molecule has 5 nitrogen and oxygen atoms in total. The molecular weight excluding hydrogens is 511 g/mol. The second kappa shape index (κ2) is 9.51. The molecule has 1 N–H and O–H groups in total. The van der Waals surface area contributed by atoms with Crippen LogP contribution in [0.25, 0.3) is 0 Å². The fraction of sp³-hybridized carbons (Fsp3) is 0.348. The number of benzene rings is 2. The van der Waals surface area contributed by atoms with Gasteiger partial charge >= 0.3 is 0 Å². The zero-order chi connectivity index (χ0) is 21.1. The van der Waals surface area contributed by atoms with Crippen molar-refractivity contribution in [3.05, 3.63) is 52.1 Å². The number of imide groups is 1. The summed E-state index contributed by atoms with van der Waals surface area (Å²) in [5.74, 6) is -0.141. The minimum atomic E-state index is -0.431. The Labute approximate surface area is 194 Å². The summed E-state index contributed by atoms with van der Waals surface area (Å²) in [6.45, 7) is 0.